The first kappa shape index (κ1) is 12.1. The van der Waals surface area contributed by atoms with Gasteiger partial charge in [0.05, 0.1) is 0 Å². The second-order valence-electron chi connectivity index (χ2n) is 4.96. The van der Waals surface area contributed by atoms with E-state index in [1.807, 2.05) is 0 Å². The lowest BCUT2D eigenvalue weighted by molar-refractivity contribution is -0.543. The second-order valence-corrected chi connectivity index (χ2v) is 4.96. The molecule has 0 unspecified atom stereocenters. The molecule has 4 heteroatoms. The van der Waals surface area contributed by atoms with Crippen molar-refractivity contribution < 1.29 is 14.2 Å². The number of amides is 1. The normalized spacial score (nSPS) is 12.5. The van der Waals surface area contributed by atoms with E-state index < -0.39 is 17.2 Å². The van der Waals surface area contributed by atoms with Gasteiger partial charge < -0.3 is 10.3 Å². The van der Waals surface area contributed by atoms with Crippen molar-refractivity contribution in [1.82, 2.24) is 0 Å². The Bertz CT molecular complexity index is 221. The van der Waals surface area contributed by atoms with Gasteiger partial charge in [0.2, 0.25) is 0 Å². The van der Waals surface area contributed by atoms with Gasteiger partial charge in [-0.05, 0) is 41.5 Å². The van der Waals surface area contributed by atoms with E-state index in [1.54, 1.807) is 41.5 Å². The first-order valence-electron chi connectivity index (χ1n) is 4.26. The lowest BCUT2D eigenvalue weighted by atomic mass is 10.1. The summed E-state index contributed by atoms with van der Waals surface area (Å²) in [5.74, 6) is 0. The highest BCUT2D eigenvalue weighted by molar-refractivity contribution is 5.58. The average molecular weight is 186 g/mol. The minimum absolute atomic E-state index is 0.580. The van der Waals surface area contributed by atoms with Crippen molar-refractivity contribution in [3.8, 4) is 0 Å². The lowest BCUT2D eigenvalue weighted by Crippen LogP contribution is -2.38. The zero-order valence-corrected chi connectivity index (χ0v) is 9.21. The topological polar surface area (TPSA) is 51.6 Å². The molecule has 0 heterocycles. The van der Waals surface area contributed by atoms with Gasteiger partial charge >= 0.3 is 6.09 Å². The Kier molecular flexibility index (Phi) is 3.19. The van der Waals surface area contributed by atoms with Crippen LogP contribution in [0.2, 0.25) is 0 Å². The minimum atomic E-state index is -0.722. The molecule has 0 atom stereocenters. The van der Waals surface area contributed by atoms with Gasteiger partial charge in [0.1, 0.15) is 5.60 Å². The van der Waals surface area contributed by atoms with Crippen molar-refractivity contribution in [2.75, 3.05) is 0 Å². The van der Waals surface area contributed by atoms with Gasteiger partial charge in [0, 0.05) is 0 Å². The van der Waals surface area contributed by atoms with Crippen LogP contribution < -0.4 is 0 Å². The van der Waals surface area contributed by atoms with Crippen LogP contribution in [0.1, 0.15) is 41.5 Å². The monoisotopic (exact) mass is 186 g/mol. The Morgan fingerprint density at radius 2 is 1.54 bits per heavy atom. The summed E-state index contributed by atoms with van der Waals surface area (Å²) in [5.41, 5.74) is 8.16. The summed E-state index contributed by atoms with van der Waals surface area (Å²) in [7, 11) is 0. The number of nitrogens with zero attached hydrogens (tertiary/aromatic N) is 2. The number of hydrogen-bond donors (Lipinski definition) is 0. The first-order valence-corrected chi connectivity index (χ1v) is 4.26. The molecule has 0 rings (SSSR count). The molecule has 1 amide bonds. The summed E-state index contributed by atoms with van der Waals surface area (Å²) < 4.78 is 5.56. The number of carbonyl (C=O) groups excluding carboxylic acids is 1. The fourth-order valence-electron chi connectivity index (χ4n) is 0.579. The molecule has 0 fully saturated rings. The van der Waals surface area contributed by atoms with Crippen LogP contribution in [-0.2, 0) is 4.74 Å². The van der Waals surface area contributed by atoms with Crippen LogP contribution in [0.25, 0.3) is 5.53 Å². The maximum Gasteiger partial charge on any atom is 0.586 e. The van der Waals surface area contributed by atoms with E-state index in [0.717, 1.165) is 0 Å². The molecule has 0 aliphatic rings. The smallest absolute Gasteiger partial charge is 0.494 e. The fourth-order valence-corrected chi connectivity index (χ4v) is 0.579. The number of rotatable bonds is 0. The third-order valence-electron chi connectivity index (χ3n) is 1.20. The summed E-state index contributed by atoms with van der Waals surface area (Å²) in [5, 5.41) is 0. The van der Waals surface area contributed by atoms with Crippen molar-refractivity contribution in [1.29, 1.82) is 0 Å². The molecule has 0 aromatic rings. The Morgan fingerprint density at radius 3 is 1.77 bits per heavy atom. The number of hydrogen-bond acceptors (Lipinski definition) is 2. The molecule has 0 radical (unpaired) electrons. The zero-order chi connectivity index (χ0) is 10.9. The predicted molar refractivity (Wildman–Crippen MR) is 49.6 cm³/mol. The SMILES string of the molecule is CC(C)(C)OC(=O)[N+](=[N-])C(C)(C)C. The maximum atomic E-state index is 11.3. The van der Waals surface area contributed by atoms with Gasteiger partial charge in [-0.25, -0.2) is 4.70 Å². The highest BCUT2D eigenvalue weighted by Crippen LogP contribution is 2.13. The highest BCUT2D eigenvalue weighted by Gasteiger charge is 2.30. The molecule has 13 heavy (non-hydrogen) atoms. The average Bonchev–Trinajstić information content (AvgIpc) is 1.79. The van der Waals surface area contributed by atoms with Crippen molar-refractivity contribution in [3.63, 3.8) is 0 Å². The third kappa shape index (κ3) is 4.60. The molecular formula is C9H18N2O2. The second kappa shape index (κ2) is 3.44. The van der Waals surface area contributed by atoms with E-state index in [4.69, 9.17) is 4.74 Å². The van der Waals surface area contributed by atoms with Gasteiger partial charge in [0.25, 0.3) is 0 Å². The van der Waals surface area contributed by atoms with Gasteiger partial charge in [-0.2, -0.15) is 4.79 Å². The van der Waals surface area contributed by atoms with Crippen LogP contribution >= 0.6 is 0 Å². The summed E-state index contributed by atoms with van der Waals surface area (Å²) in [6.45, 7) is 10.4. The molecule has 0 aliphatic heterocycles. The molecular weight excluding hydrogens is 168 g/mol. The Balaban J connectivity index is 4.40. The van der Waals surface area contributed by atoms with Gasteiger partial charge in [-0.1, -0.05) is 0 Å². The lowest BCUT2D eigenvalue weighted by Gasteiger charge is -2.23. The Labute approximate surface area is 79.4 Å². The number of carbonyl (C=O) groups is 1. The van der Waals surface area contributed by atoms with Gasteiger partial charge in [-0.3, -0.25) is 0 Å². The van der Waals surface area contributed by atoms with E-state index in [1.165, 1.54) is 0 Å². The van der Waals surface area contributed by atoms with E-state index in [0.29, 0.717) is 4.70 Å². The van der Waals surface area contributed by atoms with E-state index in [-0.39, 0.29) is 0 Å². The standard InChI is InChI=1S/C9H18N2O2/c1-8(2,3)11(10)7(12)13-9(4,5)6/h1-6H3. The molecule has 0 aromatic heterocycles. The fraction of sp³-hybridized carbons (Fsp3) is 0.889. The quantitative estimate of drug-likeness (QED) is 0.431. The number of ether oxygens (including phenoxy) is 1. The van der Waals surface area contributed by atoms with Crippen molar-refractivity contribution in [2.24, 2.45) is 0 Å². The van der Waals surface area contributed by atoms with Crippen molar-refractivity contribution in [2.45, 2.75) is 52.7 Å². The molecule has 0 aliphatic carbocycles. The van der Waals surface area contributed by atoms with Crippen LogP contribution in [0, 0.1) is 0 Å². The van der Waals surface area contributed by atoms with Crippen LogP contribution in [0.3, 0.4) is 0 Å². The summed E-state index contributed by atoms with van der Waals surface area (Å²) in [6, 6.07) is 0. The molecule has 0 N–H and O–H groups in total. The molecule has 0 saturated carbocycles. The van der Waals surface area contributed by atoms with Crippen LogP contribution in [0.5, 0.6) is 0 Å². The maximum absolute atomic E-state index is 11.3. The van der Waals surface area contributed by atoms with Gasteiger partial charge in [0.15, 0.2) is 5.54 Å². The summed E-state index contributed by atoms with van der Waals surface area (Å²) >= 11 is 0. The van der Waals surface area contributed by atoms with Gasteiger partial charge in [-0.15, -0.1) is 0 Å². The third-order valence-corrected chi connectivity index (χ3v) is 1.20. The molecule has 0 aromatic carbocycles. The summed E-state index contributed by atoms with van der Waals surface area (Å²) in [6.07, 6.45) is -0.722. The Morgan fingerprint density at radius 1 is 1.15 bits per heavy atom. The Hall–Kier alpha value is -0.930. The van der Waals surface area contributed by atoms with Crippen molar-refractivity contribution >= 4 is 6.09 Å². The predicted octanol–water partition coefficient (Wildman–Crippen LogP) is 2.75. The zero-order valence-electron chi connectivity index (χ0n) is 9.21. The largest absolute Gasteiger partial charge is 0.586 e. The molecule has 4 nitrogen and oxygen atoms in total. The molecule has 0 saturated heterocycles. The summed E-state index contributed by atoms with van der Waals surface area (Å²) in [4.78, 5) is 11.3. The highest BCUT2D eigenvalue weighted by atomic mass is 16.6. The molecule has 0 spiro atoms. The van der Waals surface area contributed by atoms with E-state index >= 15 is 0 Å². The van der Waals surface area contributed by atoms with Crippen LogP contribution in [-0.4, -0.2) is 21.9 Å². The van der Waals surface area contributed by atoms with E-state index in [9.17, 15) is 10.3 Å². The minimum Gasteiger partial charge on any atom is -0.494 e. The van der Waals surface area contributed by atoms with Crippen LogP contribution in [0.15, 0.2) is 0 Å². The molecule has 0 bridgehead atoms. The van der Waals surface area contributed by atoms with E-state index in [2.05, 4.69) is 0 Å². The first-order chi connectivity index (χ1) is 5.54. The molecule has 76 valence electrons. The van der Waals surface area contributed by atoms with Crippen molar-refractivity contribution in [3.05, 3.63) is 5.53 Å². The van der Waals surface area contributed by atoms with Crippen LogP contribution in [0.4, 0.5) is 4.79 Å².